The van der Waals surface area contributed by atoms with Crippen molar-refractivity contribution in [3.8, 4) is 5.88 Å². The Kier molecular flexibility index (Phi) is 7.98. The molecule has 0 aliphatic carbocycles. The monoisotopic (exact) mass is 502 g/mol. The standard InChI is InChI=1S/C22H23ClF4N4O3/c1-11(2)21(33)29-9-13-3-5-14(24)18(19(13)23)20-30-15(7-16(32)31-20)12-4-6-17(28-8-12)34-10-22(25,26)27/h3-6,8,11,15,20,30H,7,9-10H2,1-2H3,(H,29,33)(H,31,32). The third kappa shape index (κ3) is 6.57. The Balaban J connectivity index is 1.78. The quantitative estimate of drug-likeness (QED) is 0.499. The van der Waals surface area contributed by atoms with Crippen LogP contribution in [-0.2, 0) is 16.1 Å². The number of alkyl halides is 3. The van der Waals surface area contributed by atoms with Gasteiger partial charge in [-0.3, -0.25) is 14.9 Å². The van der Waals surface area contributed by atoms with Crippen LogP contribution in [-0.4, -0.2) is 29.6 Å². The molecule has 0 spiro atoms. The van der Waals surface area contributed by atoms with Crippen LogP contribution in [0.2, 0.25) is 5.02 Å². The molecule has 1 aromatic heterocycles. The number of amides is 2. The zero-order valence-corrected chi connectivity index (χ0v) is 19.1. The Bertz CT molecular complexity index is 1050. The zero-order valence-electron chi connectivity index (χ0n) is 18.3. The van der Waals surface area contributed by atoms with Crippen molar-refractivity contribution < 1.29 is 31.9 Å². The van der Waals surface area contributed by atoms with Crippen molar-refractivity contribution in [3.63, 3.8) is 0 Å². The van der Waals surface area contributed by atoms with Crippen molar-refractivity contribution in [2.75, 3.05) is 6.61 Å². The van der Waals surface area contributed by atoms with E-state index in [0.29, 0.717) is 11.1 Å². The third-order valence-electron chi connectivity index (χ3n) is 5.08. The minimum absolute atomic E-state index is 0.00843. The van der Waals surface area contributed by atoms with E-state index in [1.54, 1.807) is 13.8 Å². The number of carbonyl (C=O) groups is 2. The maximum Gasteiger partial charge on any atom is 0.422 e. The van der Waals surface area contributed by atoms with E-state index in [4.69, 9.17) is 11.6 Å². The number of nitrogens with one attached hydrogen (secondary N) is 3. The number of halogens is 5. The lowest BCUT2D eigenvalue weighted by Gasteiger charge is -2.33. The van der Waals surface area contributed by atoms with Crippen molar-refractivity contribution in [1.29, 1.82) is 0 Å². The van der Waals surface area contributed by atoms with E-state index in [1.807, 2.05) is 0 Å². The van der Waals surface area contributed by atoms with Gasteiger partial charge in [0.05, 0.1) is 5.02 Å². The molecule has 2 amide bonds. The van der Waals surface area contributed by atoms with Crippen molar-refractivity contribution in [3.05, 3.63) is 58.0 Å². The van der Waals surface area contributed by atoms with E-state index in [2.05, 4.69) is 25.7 Å². The first-order valence-corrected chi connectivity index (χ1v) is 10.8. The molecule has 184 valence electrons. The van der Waals surface area contributed by atoms with Gasteiger partial charge in [-0.25, -0.2) is 9.37 Å². The molecule has 0 radical (unpaired) electrons. The second-order valence-corrected chi connectivity index (χ2v) is 8.44. The van der Waals surface area contributed by atoms with Gasteiger partial charge in [0, 0.05) is 42.8 Å². The van der Waals surface area contributed by atoms with Crippen molar-refractivity contribution in [2.24, 2.45) is 5.92 Å². The van der Waals surface area contributed by atoms with Gasteiger partial charge in [-0.05, 0) is 17.2 Å². The van der Waals surface area contributed by atoms with Crippen LogP contribution in [0.15, 0.2) is 30.5 Å². The lowest BCUT2D eigenvalue weighted by molar-refractivity contribution is -0.154. The molecule has 3 N–H and O–H groups in total. The summed E-state index contributed by atoms with van der Waals surface area (Å²) >= 11 is 6.44. The Hall–Kier alpha value is -2.92. The molecule has 34 heavy (non-hydrogen) atoms. The van der Waals surface area contributed by atoms with E-state index in [1.165, 1.54) is 30.5 Å². The number of benzene rings is 1. The van der Waals surface area contributed by atoms with Crippen LogP contribution in [0.5, 0.6) is 5.88 Å². The first kappa shape index (κ1) is 25.7. The van der Waals surface area contributed by atoms with E-state index in [0.717, 1.165) is 0 Å². The maximum absolute atomic E-state index is 14.7. The molecule has 1 aliphatic rings. The van der Waals surface area contributed by atoms with Gasteiger partial charge in [-0.15, -0.1) is 0 Å². The minimum atomic E-state index is -4.49. The fourth-order valence-corrected chi connectivity index (χ4v) is 3.65. The van der Waals surface area contributed by atoms with E-state index < -0.39 is 30.8 Å². The first-order valence-electron chi connectivity index (χ1n) is 10.4. The van der Waals surface area contributed by atoms with Crippen LogP contribution in [0.3, 0.4) is 0 Å². The summed E-state index contributed by atoms with van der Waals surface area (Å²) in [5, 5.41) is 8.49. The summed E-state index contributed by atoms with van der Waals surface area (Å²) in [4.78, 5) is 28.1. The molecular weight excluding hydrogens is 480 g/mol. The molecule has 1 aliphatic heterocycles. The van der Waals surface area contributed by atoms with Crippen LogP contribution in [0.1, 0.15) is 49.2 Å². The molecular formula is C22H23ClF4N4O3. The molecule has 0 saturated carbocycles. The van der Waals surface area contributed by atoms with Crippen molar-refractivity contribution >= 4 is 23.4 Å². The smallest absolute Gasteiger partial charge is 0.422 e. The highest BCUT2D eigenvalue weighted by Crippen LogP contribution is 2.33. The SMILES string of the molecule is CC(C)C(=O)NCc1ccc(F)c(C2NC(=O)CC(c3ccc(OCC(F)(F)F)nc3)N2)c1Cl. The molecule has 12 heteroatoms. The van der Waals surface area contributed by atoms with Crippen molar-refractivity contribution in [2.45, 2.75) is 45.2 Å². The highest BCUT2D eigenvalue weighted by molar-refractivity contribution is 6.32. The molecule has 7 nitrogen and oxygen atoms in total. The molecule has 1 fully saturated rings. The number of aromatic nitrogens is 1. The van der Waals surface area contributed by atoms with Crippen LogP contribution < -0.4 is 20.7 Å². The molecule has 2 unspecified atom stereocenters. The Morgan fingerprint density at radius 2 is 2.03 bits per heavy atom. The van der Waals surface area contributed by atoms with E-state index in [9.17, 15) is 27.2 Å². The number of rotatable bonds is 7. The Morgan fingerprint density at radius 1 is 1.29 bits per heavy atom. The highest BCUT2D eigenvalue weighted by Gasteiger charge is 2.32. The van der Waals surface area contributed by atoms with Crippen LogP contribution in [0.4, 0.5) is 17.6 Å². The van der Waals surface area contributed by atoms with E-state index in [-0.39, 0.29) is 47.2 Å². The fraction of sp³-hybridized carbons (Fsp3) is 0.409. The molecule has 2 aromatic rings. The van der Waals surface area contributed by atoms with Gasteiger partial charge in [-0.2, -0.15) is 13.2 Å². The molecule has 2 heterocycles. The average molecular weight is 503 g/mol. The summed E-state index contributed by atoms with van der Waals surface area (Å²) < 4.78 is 56.3. The highest BCUT2D eigenvalue weighted by atomic mass is 35.5. The number of nitrogens with zero attached hydrogens (tertiary/aromatic N) is 1. The summed E-state index contributed by atoms with van der Waals surface area (Å²) in [6.07, 6.45) is -4.20. The summed E-state index contributed by atoms with van der Waals surface area (Å²) in [6.45, 7) is 2.07. The second-order valence-electron chi connectivity index (χ2n) is 8.06. The lowest BCUT2D eigenvalue weighted by Crippen LogP contribution is -2.47. The van der Waals surface area contributed by atoms with Gasteiger partial charge >= 0.3 is 6.18 Å². The summed E-state index contributed by atoms with van der Waals surface area (Å²) in [6, 6.07) is 4.78. The fourth-order valence-electron chi connectivity index (χ4n) is 3.32. The van der Waals surface area contributed by atoms with Gasteiger partial charge in [0.25, 0.3) is 0 Å². The van der Waals surface area contributed by atoms with Crippen LogP contribution in [0.25, 0.3) is 0 Å². The summed E-state index contributed by atoms with van der Waals surface area (Å²) in [5.41, 5.74) is 0.975. The molecule has 3 rings (SSSR count). The minimum Gasteiger partial charge on any atom is -0.468 e. The van der Waals surface area contributed by atoms with Gasteiger partial charge in [0.2, 0.25) is 17.7 Å². The number of hydrogen-bond acceptors (Lipinski definition) is 5. The second kappa shape index (κ2) is 10.6. The number of hydrogen-bond donors (Lipinski definition) is 3. The third-order valence-corrected chi connectivity index (χ3v) is 5.53. The average Bonchev–Trinajstić information content (AvgIpc) is 2.76. The van der Waals surface area contributed by atoms with Crippen LogP contribution >= 0.6 is 11.6 Å². The Labute approximate surface area is 198 Å². The van der Waals surface area contributed by atoms with E-state index >= 15 is 0 Å². The summed E-state index contributed by atoms with van der Waals surface area (Å²) in [7, 11) is 0. The topological polar surface area (TPSA) is 92.4 Å². The van der Waals surface area contributed by atoms with Crippen LogP contribution in [0, 0.1) is 11.7 Å². The molecule has 1 aromatic carbocycles. The van der Waals surface area contributed by atoms with Gasteiger partial charge < -0.3 is 15.4 Å². The summed E-state index contributed by atoms with van der Waals surface area (Å²) in [5.74, 6) is -1.70. The molecule has 2 atom stereocenters. The lowest BCUT2D eigenvalue weighted by atomic mass is 9.99. The van der Waals surface area contributed by atoms with Gasteiger partial charge in [0.1, 0.15) is 12.0 Å². The normalized spacial score (nSPS) is 18.5. The number of carbonyl (C=O) groups excluding carboxylic acids is 2. The number of ether oxygens (including phenoxy) is 1. The maximum atomic E-state index is 14.7. The zero-order chi connectivity index (χ0) is 25.0. The Morgan fingerprint density at radius 3 is 2.65 bits per heavy atom. The van der Waals surface area contributed by atoms with Gasteiger partial charge in [0.15, 0.2) is 6.61 Å². The molecule has 1 saturated heterocycles. The van der Waals surface area contributed by atoms with Crippen molar-refractivity contribution in [1.82, 2.24) is 20.9 Å². The first-order chi connectivity index (χ1) is 15.9. The largest absolute Gasteiger partial charge is 0.468 e. The van der Waals surface area contributed by atoms with Gasteiger partial charge in [-0.1, -0.05) is 37.6 Å². The molecule has 0 bridgehead atoms. The predicted molar refractivity (Wildman–Crippen MR) is 115 cm³/mol. The predicted octanol–water partition coefficient (Wildman–Crippen LogP) is 3.94. The number of pyridine rings is 1.